The fraction of sp³-hybridized carbons (Fsp3) is 0.158. The second-order valence-corrected chi connectivity index (χ2v) is 5.56. The molecule has 1 N–H and O–H groups in total. The summed E-state index contributed by atoms with van der Waals surface area (Å²) in [5.41, 5.74) is 4.01. The van der Waals surface area contributed by atoms with E-state index in [-0.39, 0.29) is 5.78 Å². The van der Waals surface area contributed by atoms with Crippen molar-refractivity contribution >= 4 is 17.8 Å². The molecule has 0 aromatic heterocycles. The molecule has 0 heterocycles. The van der Waals surface area contributed by atoms with Gasteiger partial charge in [-0.05, 0) is 35.8 Å². The number of carbonyl (C=O) groups is 2. The molecule has 3 rings (SSSR count). The van der Waals surface area contributed by atoms with E-state index in [1.807, 2.05) is 42.5 Å². The molecule has 3 nitrogen and oxygen atoms in total. The predicted octanol–water partition coefficient (Wildman–Crippen LogP) is 3.70. The summed E-state index contributed by atoms with van der Waals surface area (Å²) in [5, 5.41) is 9.10. The van der Waals surface area contributed by atoms with Crippen LogP contribution in [-0.4, -0.2) is 16.9 Å². The lowest BCUT2D eigenvalue weighted by atomic mass is 9.97. The first-order chi connectivity index (χ1) is 10.6. The van der Waals surface area contributed by atoms with E-state index in [2.05, 4.69) is 0 Å². The number of hydrogen-bond donors (Lipinski definition) is 1. The molecule has 110 valence electrons. The Labute approximate surface area is 128 Å². The number of rotatable bonds is 3. The minimum Gasteiger partial charge on any atom is -0.481 e. The molecular weight excluding hydrogens is 276 g/mol. The number of benzene rings is 2. The maximum Gasteiger partial charge on any atom is 0.310 e. The molecule has 2 aromatic carbocycles. The van der Waals surface area contributed by atoms with Gasteiger partial charge in [-0.25, -0.2) is 0 Å². The van der Waals surface area contributed by atoms with Gasteiger partial charge in [0.25, 0.3) is 0 Å². The molecule has 0 fully saturated rings. The van der Waals surface area contributed by atoms with Crippen molar-refractivity contribution < 1.29 is 14.7 Å². The van der Waals surface area contributed by atoms with Crippen LogP contribution in [0.25, 0.3) is 6.08 Å². The zero-order chi connectivity index (χ0) is 15.7. The molecule has 1 aliphatic carbocycles. The standard InChI is InChI=1S/C19H16O3/c1-12(19(21)22)14-7-8-15-10-16(18(20)17(15)11-14)9-13-5-3-2-4-6-13/h2-9,11-12H,10H2,1H3,(H,21,22). The van der Waals surface area contributed by atoms with Crippen molar-refractivity contribution in [2.24, 2.45) is 0 Å². The zero-order valence-corrected chi connectivity index (χ0v) is 12.2. The normalized spacial score (nSPS) is 16.6. The third-order valence-electron chi connectivity index (χ3n) is 4.06. The highest BCUT2D eigenvalue weighted by Gasteiger charge is 2.26. The van der Waals surface area contributed by atoms with E-state index >= 15 is 0 Å². The molecule has 0 radical (unpaired) electrons. The highest BCUT2D eigenvalue weighted by atomic mass is 16.4. The summed E-state index contributed by atoms with van der Waals surface area (Å²) >= 11 is 0. The number of allylic oxidation sites excluding steroid dienone is 1. The van der Waals surface area contributed by atoms with Gasteiger partial charge in [0.1, 0.15) is 0 Å². The van der Waals surface area contributed by atoms with Crippen molar-refractivity contribution in [1.82, 2.24) is 0 Å². The number of hydrogen-bond acceptors (Lipinski definition) is 2. The average Bonchev–Trinajstić information content (AvgIpc) is 2.83. The minimum atomic E-state index is -0.884. The third-order valence-corrected chi connectivity index (χ3v) is 4.06. The van der Waals surface area contributed by atoms with Crippen LogP contribution in [0.2, 0.25) is 0 Å². The van der Waals surface area contributed by atoms with Gasteiger partial charge < -0.3 is 5.11 Å². The van der Waals surface area contributed by atoms with Crippen molar-refractivity contribution in [3.05, 3.63) is 76.4 Å². The van der Waals surface area contributed by atoms with Gasteiger partial charge in [-0.2, -0.15) is 0 Å². The number of carbonyl (C=O) groups excluding carboxylic acids is 1. The van der Waals surface area contributed by atoms with Crippen LogP contribution in [0, 0.1) is 0 Å². The Morgan fingerprint density at radius 2 is 1.91 bits per heavy atom. The van der Waals surface area contributed by atoms with Gasteiger partial charge in [-0.1, -0.05) is 42.5 Å². The quantitative estimate of drug-likeness (QED) is 0.878. The van der Waals surface area contributed by atoms with Crippen LogP contribution in [0.15, 0.2) is 54.1 Å². The second-order valence-electron chi connectivity index (χ2n) is 5.56. The lowest BCUT2D eigenvalue weighted by molar-refractivity contribution is -0.138. The van der Waals surface area contributed by atoms with Crippen LogP contribution in [0.4, 0.5) is 0 Å². The number of fused-ring (bicyclic) bond motifs is 1. The first-order valence-corrected chi connectivity index (χ1v) is 7.22. The molecule has 1 aliphatic rings. The van der Waals surface area contributed by atoms with E-state index in [1.54, 1.807) is 19.1 Å². The summed E-state index contributed by atoms with van der Waals surface area (Å²) in [6.07, 6.45) is 2.51. The smallest absolute Gasteiger partial charge is 0.310 e. The van der Waals surface area contributed by atoms with Gasteiger partial charge in [0.2, 0.25) is 0 Å². The Morgan fingerprint density at radius 1 is 1.18 bits per heavy atom. The molecule has 0 spiro atoms. The van der Waals surface area contributed by atoms with E-state index in [0.717, 1.165) is 16.7 Å². The molecule has 2 aromatic rings. The first kappa shape index (κ1) is 14.3. The number of carboxylic acids is 1. The van der Waals surface area contributed by atoms with Gasteiger partial charge in [0, 0.05) is 17.6 Å². The number of Topliss-reactive ketones (excluding diaryl/α,β-unsaturated/α-hetero) is 1. The largest absolute Gasteiger partial charge is 0.481 e. The Kier molecular flexibility index (Phi) is 3.63. The van der Waals surface area contributed by atoms with Gasteiger partial charge in [0.15, 0.2) is 5.78 Å². The van der Waals surface area contributed by atoms with Crippen LogP contribution < -0.4 is 0 Å². The predicted molar refractivity (Wildman–Crippen MR) is 84.9 cm³/mol. The lowest BCUT2D eigenvalue weighted by Gasteiger charge is -2.07. The lowest BCUT2D eigenvalue weighted by Crippen LogP contribution is -2.08. The topological polar surface area (TPSA) is 54.4 Å². The van der Waals surface area contributed by atoms with Crippen LogP contribution in [0.5, 0.6) is 0 Å². The molecular formula is C19H16O3. The monoisotopic (exact) mass is 292 g/mol. The van der Waals surface area contributed by atoms with Crippen molar-refractivity contribution in [2.45, 2.75) is 19.3 Å². The minimum absolute atomic E-state index is 0.00158. The third kappa shape index (κ3) is 2.58. The summed E-state index contributed by atoms with van der Waals surface area (Å²) in [7, 11) is 0. The maximum absolute atomic E-state index is 12.5. The highest BCUT2D eigenvalue weighted by molar-refractivity contribution is 6.15. The highest BCUT2D eigenvalue weighted by Crippen LogP contribution is 2.30. The van der Waals surface area contributed by atoms with Gasteiger partial charge in [-0.3, -0.25) is 9.59 Å². The van der Waals surface area contributed by atoms with Crippen molar-refractivity contribution in [3.63, 3.8) is 0 Å². The van der Waals surface area contributed by atoms with Crippen LogP contribution in [0.3, 0.4) is 0 Å². The van der Waals surface area contributed by atoms with Crippen LogP contribution in [-0.2, 0) is 11.2 Å². The molecule has 0 saturated carbocycles. The van der Waals surface area contributed by atoms with Crippen LogP contribution >= 0.6 is 0 Å². The van der Waals surface area contributed by atoms with E-state index in [4.69, 9.17) is 5.11 Å². The van der Waals surface area contributed by atoms with Gasteiger partial charge in [-0.15, -0.1) is 0 Å². The summed E-state index contributed by atoms with van der Waals surface area (Å²) in [6.45, 7) is 1.63. The van der Waals surface area contributed by atoms with Crippen molar-refractivity contribution in [1.29, 1.82) is 0 Å². The number of carboxylic acid groups (broad SMARTS) is 1. The number of ketones is 1. The Hall–Kier alpha value is -2.68. The van der Waals surface area contributed by atoms with E-state index in [0.29, 0.717) is 17.5 Å². The molecule has 3 heteroatoms. The molecule has 1 atom stereocenters. The van der Waals surface area contributed by atoms with Crippen molar-refractivity contribution in [3.8, 4) is 0 Å². The summed E-state index contributed by atoms with van der Waals surface area (Å²) in [5.74, 6) is -1.50. The molecule has 0 amide bonds. The van der Waals surface area contributed by atoms with Crippen molar-refractivity contribution in [2.75, 3.05) is 0 Å². The molecule has 1 unspecified atom stereocenters. The van der Waals surface area contributed by atoms with E-state index in [1.165, 1.54) is 0 Å². The first-order valence-electron chi connectivity index (χ1n) is 7.22. The zero-order valence-electron chi connectivity index (χ0n) is 12.2. The Balaban J connectivity index is 1.95. The average molecular weight is 292 g/mol. The summed E-state index contributed by atoms with van der Waals surface area (Å²) in [4.78, 5) is 23.6. The molecule has 0 aliphatic heterocycles. The molecule has 0 bridgehead atoms. The summed E-state index contributed by atoms with van der Waals surface area (Å²) in [6, 6.07) is 15.1. The fourth-order valence-electron chi connectivity index (χ4n) is 2.70. The molecule has 0 saturated heterocycles. The Morgan fingerprint density at radius 3 is 2.59 bits per heavy atom. The maximum atomic E-state index is 12.5. The summed E-state index contributed by atoms with van der Waals surface area (Å²) < 4.78 is 0. The SMILES string of the molecule is CC(C(=O)O)c1ccc2c(c1)C(=O)C(=Cc1ccccc1)C2. The number of aliphatic carboxylic acids is 1. The van der Waals surface area contributed by atoms with Crippen LogP contribution in [0.1, 0.15) is 39.9 Å². The molecule has 22 heavy (non-hydrogen) atoms. The van der Waals surface area contributed by atoms with Gasteiger partial charge in [0.05, 0.1) is 5.92 Å². The fourth-order valence-corrected chi connectivity index (χ4v) is 2.70. The second kappa shape index (κ2) is 5.60. The van der Waals surface area contributed by atoms with E-state index in [9.17, 15) is 9.59 Å². The van der Waals surface area contributed by atoms with Gasteiger partial charge >= 0.3 is 5.97 Å². The van der Waals surface area contributed by atoms with E-state index < -0.39 is 11.9 Å². The Bertz CT molecular complexity index is 773.